The molecule has 3 amide bonds. The van der Waals surface area contributed by atoms with Crippen molar-refractivity contribution in [2.24, 2.45) is 0 Å². The van der Waals surface area contributed by atoms with E-state index in [1.807, 2.05) is 19.9 Å². The van der Waals surface area contributed by atoms with Gasteiger partial charge in [0.15, 0.2) is 0 Å². The Labute approximate surface area is 162 Å². The van der Waals surface area contributed by atoms with E-state index in [9.17, 15) is 9.59 Å². The zero-order chi connectivity index (χ0) is 20.1. The summed E-state index contributed by atoms with van der Waals surface area (Å²) in [5, 5.41) is 19.6. The Morgan fingerprint density at radius 2 is 2.04 bits per heavy atom. The second kappa shape index (κ2) is 8.52. The molecule has 1 aromatic heterocycles. The Hall–Kier alpha value is -3.41. The van der Waals surface area contributed by atoms with Crippen LogP contribution in [-0.4, -0.2) is 51.0 Å². The highest BCUT2D eigenvalue weighted by atomic mass is 16.5. The fourth-order valence-corrected chi connectivity index (χ4v) is 2.83. The summed E-state index contributed by atoms with van der Waals surface area (Å²) in [5.74, 6) is 0.379. The lowest BCUT2D eigenvalue weighted by molar-refractivity contribution is -0.127. The number of nitrogens with zero attached hydrogens (tertiary/aromatic N) is 5. The number of rotatable bonds is 8. The molecular formula is C19H22N6O3. The van der Waals surface area contributed by atoms with E-state index in [1.165, 1.54) is 4.90 Å². The summed E-state index contributed by atoms with van der Waals surface area (Å²) in [7, 11) is 0. The van der Waals surface area contributed by atoms with Gasteiger partial charge < -0.3 is 10.1 Å². The maximum absolute atomic E-state index is 12.5. The molecule has 1 fully saturated rings. The second-order valence-corrected chi connectivity index (χ2v) is 6.82. The molecule has 0 aliphatic carbocycles. The number of ether oxygens (including phenoxy) is 1. The molecule has 9 heteroatoms. The number of carbonyl (C=O) groups is 2. The molecule has 2 heterocycles. The normalized spacial score (nSPS) is 16.4. The third-order valence-corrected chi connectivity index (χ3v) is 4.39. The highest BCUT2D eigenvalue weighted by Crippen LogP contribution is 2.14. The van der Waals surface area contributed by atoms with Crippen LogP contribution < -0.4 is 10.1 Å². The SMILES string of the molecule is CC(C)n1cc(CC2NC(=O)N(CCCOc3ccc(C#N)cc3)C2=O)nn1. The van der Waals surface area contributed by atoms with Gasteiger partial charge in [0.05, 0.1) is 23.9 Å². The van der Waals surface area contributed by atoms with Crippen LogP contribution in [0.15, 0.2) is 30.5 Å². The van der Waals surface area contributed by atoms with Gasteiger partial charge in [-0.3, -0.25) is 9.69 Å². The molecule has 0 saturated carbocycles. The van der Waals surface area contributed by atoms with Crippen LogP contribution in [0, 0.1) is 11.3 Å². The third-order valence-electron chi connectivity index (χ3n) is 4.39. The monoisotopic (exact) mass is 382 g/mol. The summed E-state index contributed by atoms with van der Waals surface area (Å²) in [6.45, 7) is 4.61. The van der Waals surface area contributed by atoms with E-state index in [2.05, 4.69) is 15.6 Å². The number of hydrogen-bond acceptors (Lipinski definition) is 6. The number of carbonyl (C=O) groups excluding carboxylic acids is 2. The molecule has 1 saturated heterocycles. The van der Waals surface area contributed by atoms with E-state index in [1.54, 1.807) is 35.1 Å². The first-order valence-corrected chi connectivity index (χ1v) is 9.13. The summed E-state index contributed by atoms with van der Waals surface area (Å²) < 4.78 is 7.30. The van der Waals surface area contributed by atoms with Crippen LogP contribution in [0.2, 0.25) is 0 Å². The quantitative estimate of drug-likeness (QED) is 0.549. The van der Waals surface area contributed by atoms with Gasteiger partial charge in [0.2, 0.25) is 0 Å². The van der Waals surface area contributed by atoms with E-state index < -0.39 is 12.1 Å². The number of benzene rings is 1. The minimum Gasteiger partial charge on any atom is -0.494 e. The summed E-state index contributed by atoms with van der Waals surface area (Å²) in [6.07, 6.45) is 2.61. The standard InChI is InChI=1S/C19H22N6O3/c1-13(2)25-12-15(22-23-25)10-17-18(26)24(19(27)21-17)8-3-9-28-16-6-4-14(11-20)5-7-16/h4-7,12-13,17H,3,8-10H2,1-2H3,(H,21,27). The minimum atomic E-state index is -0.621. The van der Waals surface area contributed by atoms with Crippen molar-refractivity contribution in [1.82, 2.24) is 25.2 Å². The molecule has 1 aliphatic heterocycles. The Morgan fingerprint density at radius 1 is 1.29 bits per heavy atom. The van der Waals surface area contributed by atoms with Gasteiger partial charge >= 0.3 is 6.03 Å². The predicted octanol–water partition coefficient (Wildman–Crippen LogP) is 1.66. The fourth-order valence-electron chi connectivity index (χ4n) is 2.83. The van der Waals surface area contributed by atoms with Crippen molar-refractivity contribution in [3.8, 4) is 11.8 Å². The van der Waals surface area contributed by atoms with E-state index in [0.717, 1.165) is 0 Å². The average Bonchev–Trinajstić information content (AvgIpc) is 3.25. The molecule has 3 rings (SSSR count). The van der Waals surface area contributed by atoms with Crippen molar-refractivity contribution >= 4 is 11.9 Å². The van der Waals surface area contributed by atoms with Crippen LogP contribution in [0.5, 0.6) is 5.75 Å². The van der Waals surface area contributed by atoms with Crippen LogP contribution >= 0.6 is 0 Å². The molecular weight excluding hydrogens is 360 g/mol. The fraction of sp³-hybridized carbons (Fsp3) is 0.421. The summed E-state index contributed by atoms with van der Waals surface area (Å²) in [5.41, 5.74) is 1.23. The van der Waals surface area contributed by atoms with Gasteiger partial charge in [-0.2, -0.15) is 5.26 Å². The Morgan fingerprint density at radius 3 is 2.68 bits per heavy atom. The first kappa shape index (κ1) is 19.4. The Bertz CT molecular complexity index is 884. The highest BCUT2D eigenvalue weighted by Gasteiger charge is 2.37. The number of amides is 3. The van der Waals surface area contributed by atoms with Crippen LogP contribution in [0.1, 0.15) is 37.6 Å². The van der Waals surface area contributed by atoms with Crippen LogP contribution in [0.25, 0.3) is 0 Å². The van der Waals surface area contributed by atoms with Crippen molar-refractivity contribution in [2.75, 3.05) is 13.2 Å². The molecule has 146 valence electrons. The van der Waals surface area contributed by atoms with Gasteiger partial charge in [-0.15, -0.1) is 5.10 Å². The van der Waals surface area contributed by atoms with Crippen molar-refractivity contribution in [3.05, 3.63) is 41.7 Å². The molecule has 0 radical (unpaired) electrons. The summed E-state index contributed by atoms with van der Waals surface area (Å²) >= 11 is 0. The van der Waals surface area contributed by atoms with Crippen LogP contribution in [0.3, 0.4) is 0 Å². The van der Waals surface area contributed by atoms with Gasteiger partial charge in [0.25, 0.3) is 5.91 Å². The van der Waals surface area contributed by atoms with E-state index in [4.69, 9.17) is 10.00 Å². The van der Waals surface area contributed by atoms with Crippen molar-refractivity contribution in [3.63, 3.8) is 0 Å². The van der Waals surface area contributed by atoms with Crippen molar-refractivity contribution < 1.29 is 14.3 Å². The zero-order valence-electron chi connectivity index (χ0n) is 15.8. The smallest absolute Gasteiger partial charge is 0.324 e. The predicted molar refractivity (Wildman–Crippen MR) is 99.4 cm³/mol. The van der Waals surface area contributed by atoms with E-state index in [0.29, 0.717) is 36.5 Å². The molecule has 1 aromatic carbocycles. The van der Waals surface area contributed by atoms with Crippen LogP contribution in [-0.2, 0) is 11.2 Å². The molecule has 1 aliphatic rings. The lowest BCUT2D eigenvalue weighted by Gasteiger charge is -2.13. The molecule has 1 atom stereocenters. The van der Waals surface area contributed by atoms with Gasteiger partial charge in [0, 0.05) is 25.2 Å². The number of nitriles is 1. The number of urea groups is 1. The Balaban J connectivity index is 1.47. The number of aromatic nitrogens is 3. The Kier molecular flexibility index (Phi) is 5.89. The van der Waals surface area contributed by atoms with Crippen molar-refractivity contribution in [2.45, 2.75) is 38.8 Å². The highest BCUT2D eigenvalue weighted by molar-refractivity contribution is 6.04. The van der Waals surface area contributed by atoms with Gasteiger partial charge in [-0.1, -0.05) is 5.21 Å². The zero-order valence-corrected chi connectivity index (χ0v) is 15.8. The second-order valence-electron chi connectivity index (χ2n) is 6.82. The number of imide groups is 1. The first-order chi connectivity index (χ1) is 13.5. The van der Waals surface area contributed by atoms with Gasteiger partial charge in [-0.25, -0.2) is 9.48 Å². The number of nitrogens with one attached hydrogen (secondary N) is 1. The molecule has 28 heavy (non-hydrogen) atoms. The molecule has 0 bridgehead atoms. The lowest BCUT2D eigenvalue weighted by atomic mass is 10.1. The minimum absolute atomic E-state index is 0.183. The summed E-state index contributed by atoms with van der Waals surface area (Å²) in [4.78, 5) is 25.8. The van der Waals surface area contributed by atoms with Gasteiger partial charge in [-0.05, 0) is 44.5 Å². The lowest BCUT2D eigenvalue weighted by Crippen LogP contribution is -2.33. The van der Waals surface area contributed by atoms with Crippen molar-refractivity contribution in [1.29, 1.82) is 5.26 Å². The van der Waals surface area contributed by atoms with Gasteiger partial charge in [0.1, 0.15) is 11.8 Å². The molecule has 2 aromatic rings. The largest absolute Gasteiger partial charge is 0.494 e. The summed E-state index contributed by atoms with van der Waals surface area (Å²) in [6, 6.07) is 7.98. The molecule has 9 nitrogen and oxygen atoms in total. The molecule has 0 spiro atoms. The third kappa shape index (κ3) is 4.46. The number of hydrogen-bond donors (Lipinski definition) is 1. The maximum atomic E-state index is 12.5. The van der Waals surface area contributed by atoms with E-state index in [-0.39, 0.29) is 18.5 Å². The topological polar surface area (TPSA) is 113 Å². The molecule has 1 unspecified atom stereocenters. The average molecular weight is 382 g/mol. The van der Waals surface area contributed by atoms with Crippen LogP contribution in [0.4, 0.5) is 4.79 Å². The van der Waals surface area contributed by atoms with E-state index >= 15 is 0 Å². The molecule has 1 N–H and O–H groups in total. The maximum Gasteiger partial charge on any atom is 0.324 e. The first-order valence-electron chi connectivity index (χ1n) is 9.13.